The summed E-state index contributed by atoms with van der Waals surface area (Å²) in [5.74, 6) is 0. The summed E-state index contributed by atoms with van der Waals surface area (Å²) in [5.41, 5.74) is -0.857. The van der Waals surface area contributed by atoms with Gasteiger partial charge in [0, 0.05) is 12.4 Å². The third-order valence-corrected chi connectivity index (χ3v) is 1.91. The van der Waals surface area contributed by atoms with Crippen molar-refractivity contribution in [2.45, 2.75) is 6.18 Å². The van der Waals surface area contributed by atoms with Crippen molar-refractivity contribution in [2.24, 2.45) is 0 Å². The molecule has 14 heavy (non-hydrogen) atoms. The second-order valence-electron chi connectivity index (χ2n) is 2.57. The molecular weight excluding hydrogens is 219 g/mol. The number of alkyl halides is 3. The number of imidazole rings is 1. The molecule has 2 aromatic heterocycles. The van der Waals surface area contributed by atoms with Crippen molar-refractivity contribution in [1.29, 1.82) is 0 Å². The van der Waals surface area contributed by atoms with Crippen LogP contribution in [0.2, 0.25) is 5.28 Å². The smallest absolute Gasteiger partial charge is 0.274 e. The van der Waals surface area contributed by atoms with Crippen LogP contribution in [-0.4, -0.2) is 14.4 Å². The van der Waals surface area contributed by atoms with Crippen LogP contribution >= 0.6 is 11.6 Å². The van der Waals surface area contributed by atoms with Gasteiger partial charge in [-0.1, -0.05) is 0 Å². The summed E-state index contributed by atoms with van der Waals surface area (Å²) in [5, 5.41) is -0.0505. The first-order valence-corrected chi connectivity index (χ1v) is 3.93. The van der Waals surface area contributed by atoms with Crippen LogP contribution in [0.5, 0.6) is 0 Å². The molecule has 0 spiro atoms. The maximum absolute atomic E-state index is 12.2. The third kappa shape index (κ3) is 1.41. The number of fused-ring (bicyclic) bond motifs is 1. The maximum atomic E-state index is 12.2. The van der Waals surface area contributed by atoms with E-state index in [0.29, 0.717) is 0 Å². The number of rotatable bonds is 0. The average Bonchev–Trinajstić information content (AvgIpc) is 2.48. The van der Waals surface area contributed by atoms with Gasteiger partial charge in [-0.05, 0) is 17.7 Å². The van der Waals surface area contributed by atoms with Crippen LogP contribution in [0.4, 0.5) is 13.2 Å². The van der Waals surface area contributed by atoms with Gasteiger partial charge in [-0.15, -0.1) is 0 Å². The summed E-state index contributed by atoms with van der Waals surface area (Å²) in [7, 11) is 0. The Morgan fingerprint density at radius 3 is 2.64 bits per heavy atom. The minimum absolute atomic E-state index is 0.0505. The molecule has 0 atom stereocenters. The number of hydrogen-bond acceptors (Lipinski definition) is 2. The molecule has 2 aromatic rings. The number of hydrogen-bond donors (Lipinski definition) is 0. The van der Waals surface area contributed by atoms with Crippen LogP contribution in [0.1, 0.15) is 5.69 Å². The van der Waals surface area contributed by atoms with Crippen molar-refractivity contribution in [3.05, 3.63) is 29.4 Å². The number of aromatic nitrogens is 3. The minimum Gasteiger partial charge on any atom is -0.274 e. The Bertz CT molecular complexity index is 476. The zero-order chi connectivity index (χ0) is 10.3. The second-order valence-corrected chi connectivity index (χ2v) is 2.90. The molecule has 0 aromatic carbocycles. The lowest BCUT2D eigenvalue weighted by Gasteiger charge is -1.98. The fourth-order valence-corrected chi connectivity index (χ4v) is 1.22. The van der Waals surface area contributed by atoms with Gasteiger partial charge < -0.3 is 0 Å². The summed E-state index contributed by atoms with van der Waals surface area (Å²) in [6.45, 7) is 0. The number of nitrogens with zero attached hydrogens (tertiary/aromatic N) is 3. The van der Waals surface area contributed by atoms with E-state index in [-0.39, 0.29) is 10.9 Å². The summed E-state index contributed by atoms with van der Waals surface area (Å²) in [4.78, 5) is 6.98. The summed E-state index contributed by atoms with van der Waals surface area (Å²) < 4.78 is 37.7. The van der Waals surface area contributed by atoms with Crippen molar-refractivity contribution in [3.63, 3.8) is 0 Å². The fourth-order valence-electron chi connectivity index (χ4n) is 1.02. The van der Waals surface area contributed by atoms with E-state index < -0.39 is 11.9 Å². The van der Waals surface area contributed by atoms with E-state index in [0.717, 1.165) is 10.6 Å². The zero-order valence-corrected chi connectivity index (χ0v) is 7.34. The van der Waals surface area contributed by atoms with Gasteiger partial charge in [0.05, 0.1) is 0 Å². The van der Waals surface area contributed by atoms with Gasteiger partial charge in [-0.2, -0.15) is 13.2 Å². The highest BCUT2D eigenvalue weighted by molar-refractivity contribution is 6.28. The molecule has 0 aliphatic carbocycles. The quantitative estimate of drug-likeness (QED) is 0.640. The van der Waals surface area contributed by atoms with E-state index >= 15 is 0 Å². The van der Waals surface area contributed by atoms with Crippen molar-refractivity contribution >= 4 is 17.2 Å². The molecule has 0 fully saturated rings. The zero-order valence-electron chi connectivity index (χ0n) is 6.59. The summed E-state index contributed by atoms with van der Waals surface area (Å²) in [6, 6.07) is 1.35. The molecule has 0 amide bonds. The first kappa shape index (κ1) is 9.26. The standard InChI is InChI=1S/C7H3ClF3N3/c8-6-12-2-1-5-13-4(3-14(5)6)7(9,10)11/h1-3H. The highest BCUT2D eigenvalue weighted by atomic mass is 35.5. The Morgan fingerprint density at radius 1 is 1.36 bits per heavy atom. The van der Waals surface area contributed by atoms with Gasteiger partial charge >= 0.3 is 6.18 Å². The molecule has 0 saturated carbocycles. The summed E-state index contributed by atoms with van der Waals surface area (Å²) in [6.07, 6.45) is -2.36. The second kappa shape index (κ2) is 2.84. The van der Waals surface area contributed by atoms with Crippen molar-refractivity contribution in [1.82, 2.24) is 14.4 Å². The Morgan fingerprint density at radius 2 is 2.07 bits per heavy atom. The normalized spacial score (nSPS) is 12.3. The van der Waals surface area contributed by atoms with E-state index in [1.165, 1.54) is 12.3 Å². The maximum Gasteiger partial charge on any atom is 0.434 e. The van der Waals surface area contributed by atoms with Gasteiger partial charge in [0.15, 0.2) is 5.69 Å². The van der Waals surface area contributed by atoms with E-state index in [4.69, 9.17) is 11.6 Å². The molecule has 0 radical (unpaired) electrons. The highest BCUT2D eigenvalue weighted by Gasteiger charge is 2.34. The monoisotopic (exact) mass is 221 g/mol. The third-order valence-electron chi connectivity index (χ3n) is 1.63. The first-order valence-electron chi connectivity index (χ1n) is 3.55. The molecular formula is C7H3ClF3N3. The predicted octanol–water partition coefficient (Wildman–Crippen LogP) is 2.40. The molecule has 74 valence electrons. The van der Waals surface area contributed by atoms with Gasteiger partial charge in [-0.25, -0.2) is 9.97 Å². The summed E-state index contributed by atoms with van der Waals surface area (Å²) >= 11 is 5.56. The molecule has 7 heteroatoms. The topological polar surface area (TPSA) is 30.2 Å². The molecule has 0 N–H and O–H groups in total. The molecule has 0 aliphatic rings. The Balaban J connectivity index is 2.69. The largest absolute Gasteiger partial charge is 0.434 e. The lowest BCUT2D eigenvalue weighted by atomic mass is 10.5. The average molecular weight is 222 g/mol. The molecule has 2 rings (SSSR count). The molecule has 0 unspecified atom stereocenters. The van der Waals surface area contributed by atoms with E-state index in [2.05, 4.69) is 9.97 Å². The SMILES string of the molecule is FC(F)(F)c1cn2c(Cl)nccc2n1. The predicted molar refractivity (Wildman–Crippen MR) is 43.0 cm³/mol. The minimum atomic E-state index is -4.46. The van der Waals surface area contributed by atoms with E-state index in [9.17, 15) is 13.2 Å². The van der Waals surface area contributed by atoms with Gasteiger partial charge in [-0.3, -0.25) is 4.40 Å². The van der Waals surface area contributed by atoms with Crippen LogP contribution in [-0.2, 0) is 6.18 Å². The van der Waals surface area contributed by atoms with E-state index in [1.807, 2.05) is 0 Å². The molecule has 0 aliphatic heterocycles. The van der Waals surface area contributed by atoms with E-state index in [1.54, 1.807) is 0 Å². The Hall–Kier alpha value is -1.30. The van der Waals surface area contributed by atoms with Crippen LogP contribution < -0.4 is 0 Å². The van der Waals surface area contributed by atoms with Crippen LogP contribution in [0.3, 0.4) is 0 Å². The molecule has 0 saturated heterocycles. The van der Waals surface area contributed by atoms with Gasteiger partial charge in [0.1, 0.15) is 5.65 Å². The Labute approximate surface area is 81.2 Å². The van der Waals surface area contributed by atoms with Crippen molar-refractivity contribution < 1.29 is 13.2 Å². The van der Waals surface area contributed by atoms with Crippen LogP contribution in [0, 0.1) is 0 Å². The van der Waals surface area contributed by atoms with Gasteiger partial charge in [0.2, 0.25) is 5.28 Å². The van der Waals surface area contributed by atoms with Crippen molar-refractivity contribution in [3.8, 4) is 0 Å². The van der Waals surface area contributed by atoms with Crippen molar-refractivity contribution in [2.75, 3.05) is 0 Å². The Kier molecular flexibility index (Phi) is 1.88. The highest BCUT2D eigenvalue weighted by Crippen LogP contribution is 2.28. The fraction of sp³-hybridized carbons (Fsp3) is 0.143. The molecule has 2 heterocycles. The molecule has 3 nitrogen and oxygen atoms in total. The van der Waals surface area contributed by atoms with Crippen LogP contribution in [0.25, 0.3) is 5.65 Å². The lowest BCUT2D eigenvalue weighted by Crippen LogP contribution is -2.04. The van der Waals surface area contributed by atoms with Crippen LogP contribution in [0.15, 0.2) is 18.5 Å². The number of halogens is 4. The van der Waals surface area contributed by atoms with Gasteiger partial charge in [0.25, 0.3) is 0 Å². The molecule has 0 bridgehead atoms. The first-order chi connectivity index (χ1) is 6.48. The lowest BCUT2D eigenvalue weighted by molar-refractivity contribution is -0.140.